The Morgan fingerprint density at radius 1 is 1.20 bits per heavy atom. The lowest BCUT2D eigenvalue weighted by Gasteiger charge is -2.07. The van der Waals surface area contributed by atoms with Crippen molar-refractivity contribution in [3.63, 3.8) is 0 Å². The lowest BCUT2D eigenvalue weighted by atomic mass is 10.1. The molecule has 134 valence electrons. The van der Waals surface area contributed by atoms with Crippen molar-refractivity contribution in [2.45, 2.75) is 20.8 Å². The number of aryl methyl sites for hydroxylation is 2. The molecule has 0 saturated heterocycles. The van der Waals surface area contributed by atoms with Gasteiger partial charge in [0.25, 0.3) is 5.91 Å². The van der Waals surface area contributed by atoms with Crippen LogP contribution < -0.4 is 5.32 Å². The molecule has 0 unspecified atom stereocenters. The molecule has 7 heteroatoms. The molecule has 0 atom stereocenters. The molecule has 2 rings (SSSR count). The molecule has 1 aromatic carbocycles. The van der Waals surface area contributed by atoms with Gasteiger partial charge in [-0.25, -0.2) is 4.79 Å². The van der Waals surface area contributed by atoms with Gasteiger partial charge in [-0.15, -0.1) is 0 Å². The largest absolute Gasteiger partial charge is 0.460 e. The van der Waals surface area contributed by atoms with E-state index in [4.69, 9.17) is 9.47 Å². The fourth-order valence-electron chi connectivity index (χ4n) is 2.44. The summed E-state index contributed by atoms with van der Waals surface area (Å²) in [6, 6.07) is 5.56. The molecule has 0 spiro atoms. The molecule has 0 fully saturated rings. The molecule has 1 heterocycles. The van der Waals surface area contributed by atoms with Crippen molar-refractivity contribution < 1.29 is 19.1 Å². The SMILES string of the molecule is COCCOC(=O)c1c(C)[nH]c(C(=O)Nc2ccc(C)c(Br)c2)c1C. The zero-order chi connectivity index (χ0) is 18.6. The number of esters is 1. The third kappa shape index (κ3) is 4.49. The molecule has 0 aliphatic carbocycles. The zero-order valence-corrected chi connectivity index (χ0v) is 16.2. The van der Waals surface area contributed by atoms with Gasteiger partial charge in [0.2, 0.25) is 0 Å². The van der Waals surface area contributed by atoms with Crippen molar-refractivity contribution in [2.24, 2.45) is 0 Å². The molecule has 25 heavy (non-hydrogen) atoms. The van der Waals surface area contributed by atoms with Crippen LogP contribution in [0.4, 0.5) is 5.69 Å². The number of hydrogen-bond donors (Lipinski definition) is 2. The van der Waals surface area contributed by atoms with Gasteiger partial charge in [0, 0.05) is 23.0 Å². The Hall–Kier alpha value is -2.12. The van der Waals surface area contributed by atoms with Crippen molar-refractivity contribution in [1.29, 1.82) is 0 Å². The van der Waals surface area contributed by atoms with Gasteiger partial charge in [-0.2, -0.15) is 0 Å². The summed E-state index contributed by atoms with van der Waals surface area (Å²) >= 11 is 3.44. The van der Waals surface area contributed by atoms with Crippen molar-refractivity contribution in [1.82, 2.24) is 4.98 Å². The van der Waals surface area contributed by atoms with Crippen molar-refractivity contribution in [3.05, 3.63) is 50.8 Å². The maximum atomic E-state index is 12.5. The fourth-order valence-corrected chi connectivity index (χ4v) is 2.82. The average molecular weight is 409 g/mol. The number of benzene rings is 1. The average Bonchev–Trinajstić information content (AvgIpc) is 2.86. The Labute approximate surface area is 155 Å². The molecule has 1 aromatic heterocycles. The molecule has 0 radical (unpaired) electrons. The van der Waals surface area contributed by atoms with Gasteiger partial charge < -0.3 is 19.8 Å². The topological polar surface area (TPSA) is 80.4 Å². The van der Waals surface area contributed by atoms with Crippen LogP contribution >= 0.6 is 15.9 Å². The zero-order valence-electron chi connectivity index (χ0n) is 14.7. The fraction of sp³-hybridized carbons (Fsp3) is 0.333. The minimum atomic E-state index is -0.472. The number of nitrogens with one attached hydrogen (secondary N) is 2. The van der Waals surface area contributed by atoms with E-state index in [1.807, 2.05) is 25.1 Å². The third-order valence-electron chi connectivity index (χ3n) is 3.82. The number of aromatic nitrogens is 1. The van der Waals surface area contributed by atoms with E-state index in [1.165, 1.54) is 7.11 Å². The van der Waals surface area contributed by atoms with Gasteiger partial charge >= 0.3 is 5.97 Å². The summed E-state index contributed by atoms with van der Waals surface area (Å²) < 4.78 is 10.9. The van der Waals surface area contributed by atoms with Crippen LogP contribution in [0.25, 0.3) is 0 Å². The number of amides is 1. The molecule has 1 amide bonds. The summed E-state index contributed by atoms with van der Waals surface area (Å²) in [5.74, 6) is -0.785. The number of halogens is 1. The number of aromatic amines is 1. The first-order valence-corrected chi connectivity index (χ1v) is 8.57. The van der Waals surface area contributed by atoms with Crippen LogP contribution in [0.5, 0.6) is 0 Å². The second kappa shape index (κ2) is 8.31. The van der Waals surface area contributed by atoms with Gasteiger partial charge in [-0.05, 0) is 44.0 Å². The highest BCUT2D eigenvalue weighted by Gasteiger charge is 2.23. The lowest BCUT2D eigenvalue weighted by Crippen LogP contribution is -2.14. The minimum absolute atomic E-state index is 0.165. The number of carbonyl (C=O) groups is 2. The summed E-state index contributed by atoms with van der Waals surface area (Å²) in [5, 5.41) is 2.83. The summed E-state index contributed by atoms with van der Waals surface area (Å²) in [6.45, 7) is 5.91. The van der Waals surface area contributed by atoms with Crippen molar-refractivity contribution >= 4 is 33.5 Å². The predicted octanol–water partition coefficient (Wildman–Crippen LogP) is 3.76. The predicted molar refractivity (Wildman–Crippen MR) is 99.3 cm³/mol. The third-order valence-corrected chi connectivity index (χ3v) is 4.67. The Bertz CT molecular complexity index is 799. The Morgan fingerprint density at radius 2 is 1.92 bits per heavy atom. The van der Waals surface area contributed by atoms with Crippen molar-refractivity contribution in [2.75, 3.05) is 25.6 Å². The van der Waals surface area contributed by atoms with Crippen LogP contribution in [0, 0.1) is 20.8 Å². The van der Waals surface area contributed by atoms with E-state index in [9.17, 15) is 9.59 Å². The lowest BCUT2D eigenvalue weighted by molar-refractivity contribution is 0.0387. The molecule has 6 nitrogen and oxygen atoms in total. The number of ether oxygens (including phenoxy) is 2. The molecule has 2 N–H and O–H groups in total. The highest BCUT2D eigenvalue weighted by Crippen LogP contribution is 2.23. The van der Waals surface area contributed by atoms with E-state index in [0.29, 0.717) is 34.8 Å². The molecule has 2 aromatic rings. The Kier molecular flexibility index (Phi) is 6.39. The standard InChI is InChI=1S/C18H21BrN2O4/c1-10-5-6-13(9-14(10)19)21-17(22)16-11(2)15(12(3)20-16)18(23)25-8-7-24-4/h5-6,9,20H,7-8H2,1-4H3,(H,21,22). The number of H-pyrrole nitrogens is 1. The van der Waals surface area contributed by atoms with E-state index in [2.05, 4.69) is 26.2 Å². The van der Waals surface area contributed by atoms with Crippen LogP contribution in [-0.4, -0.2) is 37.2 Å². The molecule has 0 aliphatic heterocycles. The normalized spacial score (nSPS) is 10.6. The number of carbonyl (C=O) groups excluding carboxylic acids is 2. The van der Waals surface area contributed by atoms with E-state index in [-0.39, 0.29) is 12.5 Å². The van der Waals surface area contributed by atoms with Crippen LogP contribution in [0.1, 0.15) is 37.7 Å². The molecule has 0 saturated carbocycles. The second-order valence-corrected chi connectivity index (χ2v) is 6.53. The van der Waals surface area contributed by atoms with Crippen molar-refractivity contribution in [3.8, 4) is 0 Å². The summed E-state index contributed by atoms with van der Waals surface area (Å²) in [4.78, 5) is 27.7. The van der Waals surface area contributed by atoms with Gasteiger partial charge in [0.1, 0.15) is 12.3 Å². The van der Waals surface area contributed by atoms with Gasteiger partial charge in [0.05, 0.1) is 12.2 Å². The van der Waals surface area contributed by atoms with Crippen LogP contribution in [-0.2, 0) is 9.47 Å². The van der Waals surface area contributed by atoms with E-state index in [0.717, 1.165) is 10.0 Å². The van der Waals surface area contributed by atoms with Crippen LogP contribution in [0.2, 0.25) is 0 Å². The molecular formula is C18H21BrN2O4. The van der Waals surface area contributed by atoms with E-state index >= 15 is 0 Å². The highest BCUT2D eigenvalue weighted by molar-refractivity contribution is 9.10. The Balaban J connectivity index is 2.19. The second-order valence-electron chi connectivity index (χ2n) is 5.67. The molecular weight excluding hydrogens is 388 g/mol. The van der Waals surface area contributed by atoms with E-state index in [1.54, 1.807) is 13.8 Å². The van der Waals surface area contributed by atoms with Gasteiger partial charge in [-0.3, -0.25) is 4.79 Å². The number of rotatable bonds is 6. The van der Waals surface area contributed by atoms with Crippen LogP contribution in [0.3, 0.4) is 0 Å². The number of anilines is 1. The monoisotopic (exact) mass is 408 g/mol. The quantitative estimate of drug-likeness (QED) is 0.563. The number of methoxy groups -OCH3 is 1. The van der Waals surface area contributed by atoms with Gasteiger partial charge in [0.15, 0.2) is 0 Å². The smallest absolute Gasteiger partial charge is 0.340 e. The molecule has 0 aliphatic rings. The first-order chi connectivity index (χ1) is 11.8. The molecule has 0 bridgehead atoms. The highest BCUT2D eigenvalue weighted by atomic mass is 79.9. The summed E-state index contributed by atoms with van der Waals surface area (Å²) in [5.41, 5.74) is 3.61. The van der Waals surface area contributed by atoms with Gasteiger partial charge in [-0.1, -0.05) is 22.0 Å². The van der Waals surface area contributed by atoms with Crippen LogP contribution in [0.15, 0.2) is 22.7 Å². The Morgan fingerprint density at radius 3 is 2.56 bits per heavy atom. The van der Waals surface area contributed by atoms with E-state index < -0.39 is 5.97 Å². The minimum Gasteiger partial charge on any atom is -0.460 e. The maximum Gasteiger partial charge on any atom is 0.340 e. The number of hydrogen-bond acceptors (Lipinski definition) is 4. The summed E-state index contributed by atoms with van der Waals surface area (Å²) in [7, 11) is 1.53. The maximum absolute atomic E-state index is 12.5. The first kappa shape index (κ1) is 19.2. The first-order valence-electron chi connectivity index (χ1n) is 7.77. The summed E-state index contributed by atoms with van der Waals surface area (Å²) in [6.07, 6.45) is 0.